The third kappa shape index (κ3) is 3.56. The second-order valence-electron chi connectivity index (χ2n) is 4.37. The molecule has 3 heteroatoms. The number of methoxy groups -OCH3 is 1. The highest BCUT2D eigenvalue weighted by Crippen LogP contribution is 2.18. The van der Waals surface area contributed by atoms with Crippen LogP contribution < -0.4 is 5.73 Å². The molecule has 1 aliphatic heterocycles. The van der Waals surface area contributed by atoms with Gasteiger partial charge in [-0.2, -0.15) is 0 Å². The van der Waals surface area contributed by atoms with Crippen LogP contribution in [0.4, 0.5) is 0 Å². The second kappa shape index (κ2) is 6.38. The molecule has 0 saturated carbocycles. The zero-order valence-corrected chi connectivity index (χ0v) is 9.54. The van der Waals surface area contributed by atoms with Gasteiger partial charge in [-0.05, 0) is 45.2 Å². The third-order valence-corrected chi connectivity index (χ3v) is 3.25. The van der Waals surface area contributed by atoms with Crippen LogP contribution in [0.2, 0.25) is 0 Å². The minimum Gasteiger partial charge on any atom is -0.385 e. The van der Waals surface area contributed by atoms with Crippen LogP contribution in [0, 0.1) is 5.92 Å². The molecule has 0 aliphatic carbocycles. The highest BCUT2D eigenvalue weighted by atomic mass is 16.5. The molecule has 0 amide bonds. The number of hydrogen-bond donors (Lipinski definition) is 1. The largest absolute Gasteiger partial charge is 0.385 e. The molecule has 84 valence electrons. The van der Waals surface area contributed by atoms with Gasteiger partial charge in [-0.3, -0.25) is 0 Å². The van der Waals surface area contributed by atoms with E-state index in [-0.39, 0.29) is 0 Å². The molecule has 0 bridgehead atoms. The van der Waals surface area contributed by atoms with Crippen molar-refractivity contribution < 1.29 is 4.74 Å². The van der Waals surface area contributed by atoms with Crippen LogP contribution in [0.25, 0.3) is 0 Å². The Labute approximate surface area is 87.6 Å². The number of nitrogens with zero attached hydrogens (tertiary/aromatic N) is 1. The Morgan fingerprint density at radius 2 is 2.36 bits per heavy atom. The number of nitrogens with two attached hydrogens (primary N) is 1. The number of piperidine rings is 1. The van der Waals surface area contributed by atoms with Crippen LogP contribution >= 0.6 is 0 Å². The summed E-state index contributed by atoms with van der Waals surface area (Å²) in [4.78, 5) is 2.56. The van der Waals surface area contributed by atoms with E-state index in [2.05, 4.69) is 11.8 Å². The van der Waals surface area contributed by atoms with E-state index < -0.39 is 0 Å². The van der Waals surface area contributed by atoms with Crippen molar-refractivity contribution in [3.63, 3.8) is 0 Å². The first-order valence-electron chi connectivity index (χ1n) is 5.71. The molecule has 2 N–H and O–H groups in total. The monoisotopic (exact) mass is 200 g/mol. The Balaban J connectivity index is 2.27. The van der Waals surface area contributed by atoms with Crippen molar-refractivity contribution in [1.29, 1.82) is 0 Å². The van der Waals surface area contributed by atoms with Crippen molar-refractivity contribution in [3.05, 3.63) is 0 Å². The maximum atomic E-state index is 5.71. The van der Waals surface area contributed by atoms with E-state index in [1.807, 2.05) is 0 Å². The molecular formula is C11H24N2O. The predicted octanol–water partition coefficient (Wildman–Crippen LogP) is 1.08. The van der Waals surface area contributed by atoms with Gasteiger partial charge in [0.05, 0.1) is 0 Å². The van der Waals surface area contributed by atoms with E-state index in [0.717, 1.165) is 19.6 Å². The summed E-state index contributed by atoms with van der Waals surface area (Å²) in [6.45, 7) is 6.42. The standard InChI is InChI=1S/C11H24N2O/c1-10(5-7-14-2)13-6-3-4-11(8-12)9-13/h10-11H,3-9,12H2,1-2H3. The van der Waals surface area contributed by atoms with Gasteiger partial charge in [0.25, 0.3) is 0 Å². The summed E-state index contributed by atoms with van der Waals surface area (Å²) >= 11 is 0. The average molecular weight is 200 g/mol. The zero-order chi connectivity index (χ0) is 10.4. The van der Waals surface area contributed by atoms with E-state index in [4.69, 9.17) is 10.5 Å². The fourth-order valence-corrected chi connectivity index (χ4v) is 2.16. The van der Waals surface area contributed by atoms with E-state index in [0.29, 0.717) is 12.0 Å². The fourth-order valence-electron chi connectivity index (χ4n) is 2.16. The highest BCUT2D eigenvalue weighted by Gasteiger charge is 2.22. The van der Waals surface area contributed by atoms with Crippen LogP contribution in [0.5, 0.6) is 0 Å². The Kier molecular flexibility index (Phi) is 5.45. The first-order valence-corrected chi connectivity index (χ1v) is 5.71. The van der Waals surface area contributed by atoms with Gasteiger partial charge >= 0.3 is 0 Å². The van der Waals surface area contributed by atoms with Gasteiger partial charge < -0.3 is 15.4 Å². The van der Waals surface area contributed by atoms with Crippen LogP contribution in [0.1, 0.15) is 26.2 Å². The Morgan fingerprint density at radius 1 is 1.57 bits per heavy atom. The molecule has 1 aliphatic rings. The Bertz CT molecular complexity index is 152. The molecule has 0 aromatic heterocycles. The van der Waals surface area contributed by atoms with Crippen molar-refractivity contribution in [3.8, 4) is 0 Å². The molecule has 0 aromatic carbocycles. The first-order chi connectivity index (χ1) is 6.77. The van der Waals surface area contributed by atoms with Gasteiger partial charge in [-0.25, -0.2) is 0 Å². The van der Waals surface area contributed by atoms with Gasteiger partial charge in [0, 0.05) is 26.3 Å². The lowest BCUT2D eigenvalue weighted by atomic mass is 9.96. The number of likely N-dealkylation sites (tertiary alicyclic amines) is 1. The lowest BCUT2D eigenvalue weighted by molar-refractivity contribution is 0.102. The summed E-state index contributed by atoms with van der Waals surface area (Å²) in [5.74, 6) is 0.716. The summed E-state index contributed by atoms with van der Waals surface area (Å²) < 4.78 is 5.11. The van der Waals surface area contributed by atoms with E-state index >= 15 is 0 Å². The number of rotatable bonds is 5. The van der Waals surface area contributed by atoms with Crippen molar-refractivity contribution in [2.75, 3.05) is 33.4 Å². The molecule has 3 nitrogen and oxygen atoms in total. The summed E-state index contributed by atoms with van der Waals surface area (Å²) in [5.41, 5.74) is 5.71. The molecule has 1 fully saturated rings. The smallest absolute Gasteiger partial charge is 0.0477 e. The normalized spacial score (nSPS) is 26.4. The summed E-state index contributed by atoms with van der Waals surface area (Å²) in [6.07, 6.45) is 3.75. The molecule has 2 atom stereocenters. The molecule has 2 unspecified atom stereocenters. The lowest BCUT2D eigenvalue weighted by Crippen LogP contribution is -2.43. The third-order valence-electron chi connectivity index (χ3n) is 3.25. The van der Waals surface area contributed by atoms with Crippen molar-refractivity contribution in [2.45, 2.75) is 32.2 Å². The van der Waals surface area contributed by atoms with Gasteiger partial charge in [-0.15, -0.1) is 0 Å². The molecule has 0 spiro atoms. The average Bonchev–Trinajstić information content (AvgIpc) is 2.26. The SMILES string of the molecule is COCCC(C)N1CCCC(CN)C1. The topological polar surface area (TPSA) is 38.5 Å². The molecule has 1 heterocycles. The zero-order valence-electron chi connectivity index (χ0n) is 9.54. The highest BCUT2D eigenvalue weighted by molar-refractivity contribution is 4.77. The molecular weight excluding hydrogens is 176 g/mol. The molecule has 0 aromatic rings. The van der Waals surface area contributed by atoms with Crippen LogP contribution in [0.3, 0.4) is 0 Å². The van der Waals surface area contributed by atoms with Gasteiger partial charge in [0.15, 0.2) is 0 Å². The Morgan fingerprint density at radius 3 is 3.00 bits per heavy atom. The molecule has 1 saturated heterocycles. The van der Waals surface area contributed by atoms with Gasteiger partial charge in [0.2, 0.25) is 0 Å². The number of ether oxygens (including phenoxy) is 1. The minimum atomic E-state index is 0.643. The summed E-state index contributed by atoms with van der Waals surface area (Å²) in [6, 6.07) is 0.643. The van der Waals surface area contributed by atoms with E-state index in [1.54, 1.807) is 7.11 Å². The molecule has 1 rings (SSSR count). The summed E-state index contributed by atoms with van der Waals surface area (Å²) in [7, 11) is 1.77. The van der Waals surface area contributed by atoms with Gasteiger partial charge in [-0.1, -0.05) is 0 Å². The summed E-state index contributed by atoms with van der Waals surface area (Å²) in [5, 5.41) is 0. The van der Waals surface area contributed by atoms with Crippen LogP contribution in [0.15, 0.2) is 0 Å². The number of hydrogen-bond acceptors (Lipinski definition) is 3. The van der Waals surface area contributed by atoms with E-state index in [9.17, 15) is 0 Å². The molecule has 14 heavy (non-hydrogen) atoms. The quantitative estimate of drug-likeness (QED) is 0.722. The van der Waals surface area contributed by atoms with Crippen molar-refractivity contribution in [2.24, 2.45) is 11.7 Å². The Hall–Kier alpha value is -0.120. The maximum Gasteiger partial charge on any atom is 0.0477 e. The lowest BCUT2D eigenvalue weighted by Gasteiger charge is -2.36. The van der Waals surface area contributed by atoms with Crippen molar-refractivity contribution in [1.82, 2.24) is 4.90 Å². The van der Waals surface area contributed by atoms with Crippen LogP contribution in [-0.2, 0) is 4.74 Å². The molecule has 0 radical (unpaired) electrons. The van der Waals surface area contributed by atoms with Crippen molar-refractivity contribution >= 4 is 0 Å². The second-order valence-corrected chi connectivity index (χ2v) is 4.37. The fraction of sp³-hybridized carbons (Fsp3) is 1.00. The minimum absolute atomic E-state index is 0.643. The predicted molar refractivity (Wildman–Crippen MR) is 59.3 cm³/mol. The van der Waals surface area contributed by atoms with E-state index in [1.165, 1.54) is 25.9 Å². The first kappa shape index (κ1) is 12.0. The maximum absolute atomic E-state index is 5.71. The van der Waals surface area contributed by atoms with Gasteiger partial charge in [0.1, 0.15) is 0 Å². The van der Waals surface area contributed by atoms with Crippen LogP contribution in [-0.4, -0.2) is 44.3 Å².